The van der Waals surface area contributed by atoms with Gasteiger partial charge in [0.2, 0.25) is 0 Å². The molecule has 0 saturated heterocycles. The van der Waals surface area contributed by atoms with Gasteiger partial charge in [0.05, 0.1) is 17.6 Å². The van der Waals surface area contributed by atoms with Crippen LogP contribution in [0.2, 0.25) is 0 Å². The maximum Gasteiger partial charge on any atom is 0.325 e. The highest BCUT2D eigenvalue weighted by Gasteiger charge is 2.74. The van der Waals surface area contributed by atoms with Gasteiger partial charge in [-0.1, -0.05) is 24.6 Å². The Morgan fingerprint density at radius 3 is 2.57 bits per heavy atom. The summed E-state index contributed by atoms with van der Waals surface area (Å²) in [7, 11) is -3.56. The second kappa shape index (κ2) is 5.63. The number of allylic oxidation sites excluding steroid dienone is 2. The van der Waals surface area contributed by atoms with E-state index in [1.54, 1.807) is 0 Å². The largest absolute Gasteiger partial charge is 0.389 e. The van der Waals surface area contributed by atoms with E-state index in [2.05, 4.69) is 36.3 Å². The van der Waals surface area contributed by atoms with Crippen molar-refractivity contribution in [1.29, 1.82) is 0 Å². The molecule has 1 N–H and O–H groups in total. The molecule has 0 aromatic carbocycles. The summed E-state index contributed by atoms with van der Waals surface area (Å²) in [5.41, 5.74) is 1.93. The molecule has 0 spiro atoms. The van der Waals surface area contributed by atoms with E-state index in [1.165, 1.54) is 24.8 Å². The summed E-state index contributed by atoms with van der Waals surface area (Å²) in [6.07, 6.45) is 10.7. The molecule has 0 aliphatic heterocycles. The summed E-state index contributed by atoms with van der Waals surface area (Å²) in [6, 6.07) is 0. The quantitative estimate of drug-likeness (QED) is 0.705. The zero-order chi connectivity index (χ0) is 20.1. The summed E-state index contributed by atoms with van der Waals surface area (Å²) in [5, 5.41) is 15.2. The third-order valence-corrected chi connectivity index (χ3v) is 10.0. The van der Waals surface area contributed by atoms with Crippen LogP contribution in [0.25, 0.3) is 0 Å². The molecule has 8 atom stereocenters. The lowest BCUT2D eigenvalue weighted by atomic mass is 9.45. The van der Waals surface area contributed by atoms with E-state index >= 15 is 0 Å². The van der Waals surface area contributed by atoms with Crippen LogP contribution in [0, 0.1) is 40.4 Å². The number of hydrogen-bond donors (Lipinski definition) is 1. The van der Waals surface area contributed by atoms with Gasteiger partial charge in [-0.15, -0.1) is 0 Å². The van der Waals surface area contributed by atoms with Crippen LogP contribution in [-0.4, -0.2) is 31.1 Å². The van der Waals surface area contributed by atoms with Crippen molar-refractivity contribution in [3.8, 4) is 0 Å². The Bertz CT molecular complexity index is 875. The molecular formula is C22H33NO4S. The van der Waals surface area contributed by atoms with Gasteiger partial charge in [-0.05, 0) is 98.4 Å². The minimum Gasteiger partial charge on any atom is -0.389 e. The smallest absolute Gasteiger partial charge is 0.325 e. The molecule has 0 aromatic rings. The van der Waals surface area contributed by atoms with Crippen molar-refractivity contribution in [3.63, 3.8) is 0 Å². The van der Waals surface area contributed by atoms with Gasteiger partial charge in [0.1, 0.15) is 0 Å². The summed E-state index contributed by atoms with van der Waals surface area (Å²) in [5.74, 6) is 3.28. The van der Waals surface area contributed by atoms with Crippen LogP contribution in [0.5, 0.6) is 0 Å². The third kappa shape index (κ3) is 2.46. The number of rotatable bonds is 2. The predicted molar refractivity (Wildman–Crippen MR) is 108 cm³/mol. The van der Waals surface area contributed by atoms with E-state index in [0.29, 0.717) is 23.7 Å². The molecule has 156 valence electrons. The Balaban J connectivity index is 1.44. The maximum atomic E-state index is 11.3. The zero-order valence-electron chi connectivity index (χ0n) is 17.4. The highest BCUT2D eigenvalue weighted by Crippen LogP contribution is 2.76. The standard InChI is InChI=1S/C22H33NO4S/c1-20-9-7-14(23-27-28(4,25)26)11-13(20)5-6-15-17(20)8-10-21(2)19(15)16-12-18(16)22(21,3)24/h11,15-19,24H,5-10,12H2,1-4H3/b23-14+/t15-,16+,17+,18-,19-,20+,21+,22+/m1/s1. The van der Waals surface area contributed by atoms with Crippen LogP contribution in [0.4, 0.5) is 0 Å². The average Bonchev–Trinajstić information content (AvgIpc) is 3.36. The van der Waals surface area contributed by atoms with Crippen molar-refractivity contribution in [3.05, 3.63) is 11.6 Å². The van der Waals surface area contributed by atoms with Crippen LogP contribution in [-0.2, 0) is 14.4 Å². The van der Waals surface area contributed by atoms with E-state index in [4.69, 9.17) is 0 Å². The summed E-state index contributed by atoms with van der Waals surface area (Å²) >= 11 is 0. The molecule has 28 heavy (non-hydrogen) atoms. The van der Waals surface area contributed by atoms with Gasteiger partial charge >= 0.3 is 10.1 Å². The van der Waals surface area contributed by atoms with Crippen LogP contribution < -0.4 is 0 Å². The Morgan fingerprint density at radius 1 is 1.11 bits per heavy atom. The van der Waals surface area contributed by atoms with E-state index in [1.807, 2.05) is 0 Å². The highest BCUT2D eigenvalue weighted by molar-refractivity contribution is 7.85. The normalized spacial score (nSPS) is 53.5. The Hall–Kier alpha value is -0.880. The van der Waals surface area contributed by atoms with Crippen molar-refractivity contribution >= 4 is 15.8 Å². The second-order valence-corrected chi connectivity index (χ2v) is 12.5. The maximum absolute atomic E-state index is 11.3. The Kier molecular flexibility index (Phi) is 3.84. The first-order valence-corrected chi connectivity index (χ1v) is 12.7. The van der Waals surface area contributed by atoms with Crippen LogP contribution in [0.1, 0.15) is 65.7 Å². The fraction of sp³-hybridized carbons (Fsp3) is 0.864. The SMILES string of the molecule is C[C@]12CC/C(=N\OS(C)(=O)=O)C=C1CC[C@H]1[C@@H]3[C@H]4C[C@H]4[C@](C)(O)[C@@]3(C)CC[C@@H]12. The van der Waals surface area contributed by atoms with Gasteiger partial charge in [0.25, 0.3) is 0 Å². The molecule has 0 aromatic heterocycles. The van der Waals surface area contributed by atoms with E-state index in [0.717, 1.165) is 43.6 Å². The second-order valence-electron chi connectivity index (χ2n) is 10.9. The Labute approximate surface area is 168 Å². The minimum atomic E-state index is -3.56. The molecule has 0 amide bonds. The molecular weight excluding hydrogens is 374 g/mol. The molecule has 0 heterocycles. The number of hydrogen-bond acceptors (Lipinski definition) is 5. The fourth-order valence-electron chi connectivity index (χ4n) is 8.07. The number of nitrogens with zero attached hydrogens (tertiary/aromatic N) is 1. The van der Waals surface area contributed by atoms with Gasteiger partial charge in [-0.3, -0.25) is 4.28 Å². The molecule has 0 unspecified atom stereocenters. The Morgan fingerprint density at radius 2 is 1.86 bits per heavy atom. The van der Waals surface area contributed by atoms with Gasteiger partial charge in [0.15, 0.2) is 0 Å². The van der Waals surface area contributed by atoms with Crippen molar-refractivity contribution in [2.45, 2.75) is 71.3 Å². The number of oxime groups is 1. The van der Waals surface area contributed by atoms with Crippen LogP contribution in [0.15, 0.2) is 16.8 Å². The van der Waals surface area contributed by atoms with Crippen molar-refractivity contribution in [2.24, 2.45) is 45.6 Å². The lowest BCUT2D eigenvalue weighted by molar-refractivity contribution is -0.137. The lowest BCUT2D eigenvalue weighted by Crippen LogP contribution is -2.55. The van der Waals surface area contributed by atoms with E-state index in [9.17, 15) is 13.5 Å². The first-order valence-electron chi connectivity index (χ1n) is 10.9. The summed E-state index contributed by atoms with van der Waals surface area (Å²) in [4.78, 5) is 0. The third-order valence-electron chi connectivity index (χ3n) is 9.70. The van der Waals surface area contributed by atoms with Gasteiger partial charge in [-0.25, -0.2) is 0 Å². The van der Waals surface area contributed by atoms with Crippen LogP contribution >= 0.6 is 0 Å². The first kappa shape index (κ1) is 19.1. The van der Waals surface area contributed by atoms with Crippen LogP contribution in [0.3, 0.4) is 0 Å². The van der Waals surface area contributed by atoms with E-state index in [-0.39, 0.29) is 10.8 Å². The summed E-state index contributed by atoms with van der Waals surface area (Å²) < 4.78 is 27.2. The van der Waals surface area contributed by atoms with Crippen molar-refractivity contribution in [1.82, 2.24) is 0 Å². The monoisotopic (exact) mass is 407 g/mol. The van der Waals surface area contributed by atoms with Crippen molar-refractivity contribution in [2.75, 3.05) is 6.26 Å². The zero-order valence-corrected chi connectivity index (χ0v) is 18.3. The molecule has 5 aliphatic rings. The molecule has 4 fully saturated rings. The lowest BCUT2D eigenvalue weighted by Gasteiger charge is -2.60. The van der Waals surface area contributed by atoms with Gasteiger partial charge in [-0.2, -0.15) is 8.42 Å². The van der Waals surface area contributed by atoms with E-state index < -0.39 is 15.7 Å². The number of aliphatic hydroxyl groups is 1. The molecule has 0 bridgehead atoms. The van der Waals surface area contributed by atoms with Gasteiger partial charge < -0.3 is 5.11 Å². The molecule has 5 nitrogen and oxygen atoms in total. The van der Waals surface area contributed by atoms with Crippen molar-refractivity contribution < 1.29 is 17.8 Å². The molecule has 5 aliphatic carbocycles. The number of fused-ring (bicyclic) bond motifs is 7. The highest BCUT2D eigenvalue weighted by atomic mass is 32.2. The first-order chi connectivity index (χ1) is 13.0. The molecule has 6 heteroatoms. The fourth-order valence-corrected chi connectivity index (χ4v) is 8.30. The van der Waals surface area contributed by atoms with Gasteiger partial charge in [0, 0.05) is 0 Å². The molecule has 5 rings (SSSR count). The molecule has 0 radical (unpaired) electrons. The minimum absolute atomic E-state index is 0.0734. The predicted octanol–water partition coefficient (Wildman–Crippen LogP) is 3.89. The molecule has 4 saturated carbocycles. The topological polar surface area (TPSA) is 76.0 Å². The average molecular weight is 408 g/mol. The summed E-state index contributed by atoms with van der Waals surface area (Å²) in [6.45, 7) is 6.89.